The van der Waals surface area contributed by atoms with Gasteiger partial charge in [-0.25, -0.2) is 17.8 Å². The quantitative estimate of drug-likeness (QED) is 0.920. The van der Waals surface area contributed by atoms with E-state index in [2.05, 4.69) is 9.82 Å². The first kappa shape index (κ1) is 14.1. The van der Waals surface area contributed by atoms with Crippen molar-refractivity contribution < 1.29 is 17.2 Å². The van der Waals surface area contributed by atoms with E-state index in [4.69, 9.17) is 0 Å². The van der Waals surface area contributed by atoms with Gasteiger partial charge in [0.15, 0.2) is 0 Å². The van der Waals surface area contributed by atoms with Crippen molar-refractivity contribution in [2.45, 2.75) is 24.9 Å². The zero-order chi connectivity index (χ0) is 14.0. The Morgan fingerprint density at radius 3 is 2.79 bits per heavy atom. The minimum atomic E-state index is -3.84. The van der Waals surface area contributed by atoms with Crippen LogP contribution in [0.4, 0.5) is 8.78 Å². The van der Waals surface area contributed by atoms with Crippen molar-refractivity contribution in [1.29, 1.82) is 0 Å². The van der Waals surface area contributed by atoms with Gasteiger partial charge in [-0.05, 0) is 18.4 Å². The number of rotatable bonds is 5. The molecular weight excluding hydrogens is 296 g/mol. The van der Waals surface area contributed by atoms with Gasteiger partial charge in [-0.3, -0.25) is 0 Å². The second kappa shape index (κ2) is 5.35. The van der Waals surface area contributed by atoms with E-state index in [9.17, 15) is 17.2 Å². The largest absolute Gasteiger partial charge is 0.333 e. The molecule has 0 fully saturated rings. The summed E-state index contributed by atoms with van der Waals surface area (Å²) in [6, 6.07) is 3.58. The maximum atomic E-state index is 12.4. The molecule has 0 amide bonds. The van der Waals surface area contributed by atoms with Crippen LogP contribution in [-0.2, 0) is 16.6 Å². The van der Waals surface area contributed by atoms with Crippen molar-refractivity contribution in [3.05, 3.63) is 34.3 Å². The van der Waals surface area contributed by atoms with E-state index in [0.717, 1.165) is 11.1 Å². The third-order valence-corrected chi connectivity index (χ3v) is 4.76. The molecule has 19 heavy (non-hydrogen) atoms. The molecule has 5 nitrogen and oxygen atoms in total. The number of halogens is 2. The summed E-state index contributed by atoms with van der Waals surface area (Å²) in [7, 11) is -3.84. The van der Waals surface area contributed by atoms with Crippen LogP contribution in [0.1, 0.15) is 17.1 Å². The number of thiophene rings is 1. The van der Waals surface area contributed by atoms with Gasteiger partial charge >= 0.3 is 6.55 Å². The molecule has 0 aliphatic rings. The molecule has 2 aromatic heterocycles. The van der Waals surface area contributed by atoms with Crippen LogP contribution in [0.5, 0.6) is 0 Å². The van der Waals surface area contributed by atoms with Gasteiger partial charge in [0.2, 0.25) is 10.0 Å². The fourth-order valence-corrected chi connectivity index (χ4v) is 3.40. The number of alkyl halides is 2. The fraction of sp³-hybridized carbons (Fsp3) is 0.300. The van der Waals surface area contributed by atoms with E-state index in [-0.39, 0.29) is 17.1 Å². The Hall–Kier alpha value is -1.32. The van der Waals surface area contributed by atoms with E-state index in [1.54, 1.807) is 12.1 Å². The molecule has 2 rings (SSSR count). The van der Waals surface area contributed by atoms with Gasteiger partial charge in [0.05, 0.1) is 11.9 Å². The number of hydrogen-bond acceptors (Lipinski definition) is 4. The van der Waals surface area contributed by atoms with Gasteiger partial charge in [0.1, 0.15) is 4.90 Å². The van der Waals surface area contributed by atoms with Crippen molar-refractivity contribution in [3.63, 3.8) is 0 Å². The van der Waals surface area contributed by atoms with Gasteiger partial charge in [0.25, 0.3) is 0 Å². The average molecular weight is 307 g/mol. The lowest BCUT2D eigenvalue weighted by Crippen LogP contribution is -2.23. The third-order valence-electron chi connectivity index (χ3n) is 2.38. The summed E-state index contributed by atoms with van der Waals surface area (Å²) in [5, 5.41) is 5.29. The molecule has 0 bridgehead atoms. The Bertz CT molecular complexity index is 650. The van der Waals surface area contributed by atoms with E-state index in [0.29, 0.717) is 4.68 Å². The second-order valence-corrected chi connectivity index (χ2v) is 6.51. The van der Waals surface area contributed by atoms with Crippen molar-refractivity contribution in [1.82, 2.24) is 14.5 Å². The molecule has 0 radical (unpaired) electrons. The Morgan fingerprint density at radius 2 is 2.26 bits per heavy atom. The first-order valence-corrected chi connectivity index (χ1v) is 7.62. The van der Waals surface area contributed by atoms with Gasteiger partial charge in [-0.15, -0.1) is 11.3 Å². The van der Waals surface area contributed by atoms with E-state index in [1.165, 1.54) is 18.3 Å². The SMILES string of the molecule is Cc1nn(C(F)F)cc1S(=O)(=O)NCc1cccs1. The minimum Gasteiger partial charge on any atom is -0.210 e. The van der Waals surface area contributed by atoms with Gasteiger partial charge in [-0.2, -0.15) is 13.9 Å². The molecule has 2 heterocycles. The Morgan fingerprint density at radius 1 is 1.53 bits per heavy atom. The van der Waals surface area contributed by atoms with Crippen LogP contribution < -0.4 is 4.72 Å². The lowest BCUT2D eigenvalue weighted by molar-refractivity contribution is 0.0561. The van der Waals surface area contributed by atoms with Gasteiger partial charge < -0.3 is 0 Å². The highest BCUT2D eigenvalue weighted by atomic mass is 32.2. The van der Waals surface area contributed by atoms with Crippen LogP contribution in [0.3, 0.4) is 0 Å². The fourth-order valence-electron chi connectivity index (χ4n) is 1.49. The number of nitrogens with zero attached hydrogens (tertiary/aromatic N) is 2. The smallest absolute Gasteiger partial charge is 0.210 e. The molecule has 0 unspecified atom stereocenters. The number of aryl methyl sites for hydroxylation is 1. The van der Waals surface area contributed by atoms with Gasteiger partial charge in [0, 0.05) is 11.4 Å². The molecule has 0 aliphatic heterocycles. The highest BCUT2D eigenvalue weighted by Crippen LogP contribution is 2.18. The van der Waals surface area contributed by atoms with E-state index < -0.39 is 16.6 Å². The molecule has 1 N–H and O–H groups in total. The topological polar surface area (TPSA) is 64.0 Å². The third kappa shape index (κ3) is 3.17. The van der Waals surface area contributed by atoms with Gasteiger partial charge in [-0.1, -0.05) is 6.07 Å². The van der Waals surface area contributed by atoms with Crippen LogP contribution in [0.25, 0.3) is 0 Å². The molecular formula is C10H11F2N3O2S2. The Labute approximate surface area is 112 Å². The number of sulfonamides is 1. The highest BCUT2D eigenvalue weighted by Gasteiger charge is 2.22. The monoisotopic (exact) mass is 307 g/mol. The Balaban J connectivity index is 2.19. The van der Waals surface area contributed by atoms with Crippen molar-refractivity contribution in [2.75, 3.05) is 0 Å². The summed E-state index contributed by atoms with van der Waals surface area (Å²) >= 11 is 1.41. The first-order chi connectivity index (χ1) is 8.90. The lowest BCUT2D eigenvalue weighted by atomic mass is 10.5. The Kier molecular flexibility index (Phi) is 3.97. The standard InChI is InChI=1S/C10H11F2N3O2S2/c1-7-9(6-15(14-7)10(11)12)19(16,17)13-5-8-3-2-4-18-8/h2-4,6,10,13H,5H2,1H3. The van der Waals surface area contributed by atoms with Crippen molar-refractivity contribution in [2.24, 2.45) is 0 Å². The normalized spacial score (nSPS) is 12.2. The minimum absolute atomic E-state index is 0.0407. The van der Waals surface area contributed by atoms with Crippen LogP contribution in [0.2, 0.25) is 0 Å². The van der Waals surface area contributed by atoms with Crippen LogP contribution >= 0.6 is 11.3 Å². The summed E-state index contributed by atoms with van der Waals surface area (Å²) in [5.41, 5.74) is 0.0407. The van der Waals surface area contributed by atoms with Crippen molar-refractivity contribution in [3.8, 4) is 0 Å². The molecule has 104 valence electrons. The van der Waals surface area contributed by atoms with E-state index in [1.807, 2.05) is 5.38 Å². The maximum absolute atomic E-state index is 12.4. The molecule has 0 spiro atoms. The summed E-state index contributed by atoms with van der Waals surface area (Å²) in [4.78, 5) is 0.604. The number of nitrogens with one attached hydrogen (secondary N) is 1. The van der Waals surface area contributed by atoms with Crippen molar-refractivity contribution >= 4 is 21.4 Å². The summed E-state index contributed by atoms with van der Waals surface area (Å²) in [5.74, 6) is 0. The lowest BCUT2D eigenvalue weighted by Gasteiger charge is -2.03. The molecule has 0 aromatic carbocycles. The average Bonchev–Trinajstić information content (AvgIpc) is 2.95. The summed E-state index contributed by atoms with van der Waals surface area (Å²) in [6.07, 6.45) is 0.830. The first-order valence-electron chi connectivity index (χ1n) is 5.26. The van der Waals surface area contributed by atoms with Crippen LogP contribution in [-0.4, -0.2) is 18.2 Å². The van der Waals surface area contributed by atoms with Crippen LogP contribution in [0.15, 0.2) is 28.6 Å². The predicted octanol–water partition coefficient (Wildman–Crippen LogP) is 2.13. The zero-order valence-electron chi connectivity index (χ0n) is 9.88. The molecule has 0 saturated carbocycles. The maximum Gasteiger partial charge on any atom is 0.333 e. The highest BCUT2D eigenvalue weighted by molar-refractivity contribution is 7.89. The zero-order valence-corrected chi connectivity index (χ0v) is 11.5. The summed E-state index contributed by atoms with van der Waals surface area (Å²) < 4.78 is 51.5. The predicted molar refractivity (Wildman–Crippen MR) is 66.6 cm³/mol. The molecule has 0 atom stereocenters. The number of hydrogen-bond donors (Lipinski definition) is 1. The second-order valence-electron chi connectivity index (χ2n) is 3.74. The number of aromatic nitrogens is 2. The molecule has 0 saturated heterocycles. The molecule has 9 heteroatoms. The van der Waals surface area contributed by atoms with E-state index >= 15 is 0 Å². The summed E-state index contributed by atoms with van der Waals surface area (Å²) in [6.45, 7) is -1.36. The van der Waals surface area contributed by atoms with Crippen LogP contribution in [0, 0.1) is 6.92 Å². The molecule has 2 aromatic rings. The molecule has 0 aliphatic carbocycles.